The van der Waals surface area contributed by atoms with Crippen molar-refractivity contribution in [3.63, 3.8) is 0 Å². The van der Waals surface area contributed by atoms with E-state index in [1.807, 2.05) is 26.0 Å². The summed E-state index contributed by atoms with van der Waals surface area (Å²) in [5.41, 5.74) is 3.59. The average Bonchev–Trinajstić information content (AvgIpc) is 2.67. The van der Waals surface area contributed by atoms with Gasteiger partial charge in [0.2, 0.25) is 5.95 Å². The number of aryl methyl sites for hydroxylation is 2. The molecule has 2 N–H and O–H groups in total. The van der Waals surface area contributed by atoms with E-state index >= 15 is 0 Å². The smallest absolute Gasteiger partial charge is 0.255 e. The fourth-order valence-corrected chi connectivity index (χ4v) is 2.77. The van der Waals surface area contributed by atoms with Crippen molar-refractivity contribution in [2.24, 2.45) is 0 Å². The number of ether oxygens (including phenoxy) is 2. The summed E-state index contributed by atoms with van der Waals surface area (Å²) in [6.45, 7) is 3.82. The van der Waals surface area contributed by atoms with Crippen LogP contribution in [0, 0.1) is 13.8 Å². The number of nitrogens with zero attached hydrogens (tertiary/aromatic N) is 2. The van der Waals surface area contributed by atoms with Crippen molar-refractivity contribution < 1.29 is 14.3 Å². The second kappa shape index (κ2) is 8.39. The summed E-state index contributed by atoms with van der Waals surface area (Å²) in [7, 11) is 3.11. The van der Waals surface area contributed by atoms with Crippen molar-refractivity contribution in [3.05, 3.63) is 65.5 Å². The van der Waals surface area contributed by atoms with Gasteiger partial charge in [-0.25, -0.2) is 9.97 Å². The van der Waals surface area contributed by atoms with Crippen molar-refractivity contribution in [3.8, 4) is 11.5 Å². The van der Waals surface area contributed by atoms with Crippen LogP contribution in [-0.4, -0.2) is 30.1 Å². The molecular weight excluding hydrogens is 356 g/mol. The number of methoxy groups -OCH3 is 2. The van der Waals surface area contributed by atoms with Gasteiger partial charge >= 0.3 is 0 Å². The topological polar surface area (TPSA) is 85.4 Å². The lowest BCUT2D eigenvalue weighted by Crippen LogP contribution is -2.12. The quantitative estimate of drug-likeness (QED) is 0.671. The summed E-state index contributed by atoms with van der Waals surface area (Å²) in [5.74, 6) is 1.40. The van der Waals surface area contributed by atoms with E-state index in [9.17, 15) is 4.79 Å². The van der Waals surface area contributed by atoms with Gasteiger partial charge in [-0.15, -0.1) is 0 Å². The molecule has 1 amide bonds. The van der Waals surface area contributed by atoms with Gasteiger partial charge in [0, 0.05) is 34.4 Å². The van der Waals surface area contributed by atoms with E-state index in [-0.39, 0.29) is 5.91 Å². The molecule has 1 aromatic heterocycles. The van der Waals surface area contributed by atoms with E-state index in [1.54, 1.807) is 50.6 Å². The maximum atomic E-state index is 12.6. The predicted molar refractivity (Wildman–Crippen MR) is 109 cm³/mol. The van der Waals surface area contributed by atoms with Crippen LogP contribution < -0.4 is 20.1 Å². The zero-order valence-electron chi connectivity index (χ0n) is 16.2. The molecule has 0 aliphatic rings. The molecule has 0 saturated carbocycles. The molecule has 3 rings (SSSR count). The van der Waals surface area contributed by atoms with Gasteiger partial charge in [-0.1, -0.05) is 6.07 Å². The number of aromatic nitrogens is 2. The number of anilines is 3. The van der Waals surface area contributed by atoms with Crippen LogP contribution in [0.3, 0.4) is 0 Å². The maximum Gasteiger partial charge on any atom is 0.255 e. The van der Waals surface area contributed by atoms with Crippen LogP contribution in [0.5, 0.6) is 11.5 Å². The highest BCUT2D eigenvalue weighted by molar-refractivity contribution is 6.05. The van der Waals surface area contributed by atoms with Crippen LogP contribution in [0.15, 0.2) is 48.5 Å². The molecule has 0 saturated heterocycles. The van der Waals surface area contributed by atoms with E-state index in [0.29, 0.717) is 28.7 Å². The Morgan fingerprint density at radius 1 is 0.857 bits per heavy atom. The molecule has 0 bridgehead atoms. The summed E-state index contributed by atoms with van der Waals surface area (Å²) in [6, 6.07) is 14.2. The minimum atomic E-state index is -0.239. The normalized spacial score (nSPS) is 10.3. The Balaban J connectivity index is 1.77. The number of nitrogens with one attached hydrogen (secondary N) is 2. The molecule has 0 aliphatic heterocycles. The van der Waals surface area contributed by atoms with Crippen LogP contribution in [-0.2, 0) is 0 Å². The van der Waals surface area contributed by atoms with Gasteiger partial charge in [0.15, 0.2) is 11.5 Å². The van der Waals surface area contributed by atoms with Crippen molar-refractivity contribution >= 4 is 23.2 Å². The largest absolute Gasteiger partial charge is 0.493 e. The number of hydrogen-bond acceptors (Lipinski definition) is 6. The lowest BCUT2D eigenvalue weighted by atomic mass is 10.1. The van der Waals surface area contributed by atoms with Gasteiger partial charge < -0.3 is 20.1 Å². The summed E-state index contributed by atoms with van der Waals surface area (Å²) in [4.78, 5) is 21.4. The van der Waals surface area contributed by atoms with Crippen LogP contribution in [0.4, 0.5) is 17.3 Å². The van der Waals surface area contributed by atoms with E-state index < -0.39 is 0 Å². The molecule has 0 spiro atoms. The molecule has 7 heteroatoms. The lowest BCUT2D eigenvalue weighted by molar-refractivity contribution is 0.102. The second-order valence-electron chi connectivity index (χ2n) is 6.20. The predicted octanol–water partition coefficient (Wildman–Crippen LogP) is 4.11. The molecule has 0 aliphatic carbocycles. The van der Waals surface area contributed by atoms with Crippen molar-refractivity contribution in [2.45, 2.75) is 13.8 Å². The fraction of sp³-hybridized carbons (Fsp3) is 0.190. The number of carbonyl (C=O) groups excluding carboxylic acids is 1. The summed E-state index contributed by atoms with van der Waals surface area (Å²) >= 11 is 0. The van der Waals surface area contributed by atoms with E-state index in [4.69, 9.17) is 9.47 Å². The standard InChI is InChI=1S/C21H22N4O3/c1-13-10-14(2)23-21(22-13)25-16-7-5-6-15(11-16)20(26)24-17-8-9-18(27-3)19(12-17)28-4/h5-12H,1-4H3,(H,24,26)(H,22,23,25). The van der Waals surface area contributed by atoms with Gasteiger partial charge in [0.1, 0.15) is 0 Å². The van der Waals surface area contributed by atoms with Gasteiger partial charge in [0.05, 0.1) is 14.2 Å². The van der Waals surface area contributed by atoms with Crippen molar-refractivity contribution in [2.75, 3.05) is 24.9 Å². The highest BCUT2D eigenvalue weighted by Crippen LogP contribution is 2.30. The number of rotatable bonds is 6. The van der Waals surface area contributed by atoms with Gasteiger partial charge in [-0.05, 0) is 50.2 Å². The first-order valence-corrected chi connectivity index (χ1v) is 8.71. The molecule has 144 valence electrons. The van der Waals surface area contributed by atoms with Crippen molar-refractivity contribution in [1.82, 2.24) is 9.97 Å². The molecule has 3 aromatic rings. The molecule has 0 fully saturated rings. The molecule has 28 heavy (non-hydrogen) atoms. The Bertz CT molecular complexity index is 984. The van der Waals surface area contributed by atoms with Crippen LogP contribution >= 0.6 is 0 Å². The number of carbonyl (C=O) groups is 1. The maximum absolute atomic E-state index is 12.6. The Morgan fingerprint density at radius 3 is 2.25 bits per heavy atom. The molecule has 0 unspecified atom stereocenters. The van der Waals surface area contributed by atoms with E-state index in [2.05, 4.69) is 20.6 Å². The zero-order valence-corrected chi connectivity index (χ0v) is 16.2. The molecule has 0 radical (unpaired) electrons. The highest BCUT2D eigenvalue weighted by Gasteiger charge is 2.10. The SMILES string of the molecule is COc1ccc(NC(=O)c2cccc(Nc3nc(C)cc(C)n3)c2)cc1OC. The van der Waals surface area contributed by atoms with Gasteiger partial charge in [-0.3, -0.25) is 4.79 Å². The first kappa shape index (κ1) is 19.2. The zero-order chi connectivity index (χ0) is 20.1. The first-order chi connectivity index (χ1) is 13.5. The first-order valence-electron chi connectivity index (χ1n) is 8.71. The third-order valence-electron chi connectivity index (χ3n) is 4.00. The lowest BCUT2D eigenvalue weighted by Gasteiger charge is -2.11. The molecule has 0 atom stereocenters. The number of amides is 1. The molecule has 2 aromatic carbocycles. The molecular formula is C21H22N4O3. The summed E-state index contributed by atoms with van der Waals surface area (Å²) in [5, 5.41) is 6.00. The second-order valence-corrected chi connectivity index (χ2v) is 6.20. The number of hydrogen-bond donors (Lipinski definition) is 2. The van der Waals surface area contributed by atoms with Crippen LogP contribution in [0.2, 0.25) is 0 Å². The minimum Gasteiger partial charge on any atom is -0.493 e. The Hall–Kier alpha value is -3.61. The third kappa shape index (κ3) is 4.56. The van der Waals surface area contributed by atoms with Crippen molar-refractivity contribution in [1.29, 1.82) is 0 Å². The minimum absolute atomic E-state index is 0.239. The molecule has 1 heterocycles. The third-order valence-corrected chi connectivity index (χ3v) is 4.00. The summed E-state index contributed by atoms with van der Waals surface area (Å²) < 4.78 is 10.5. The van der Waals surface area contributed by atoms with Gasteiger partial charge in [0.25, 0.3) is 5.91 Å². The van der Waals surface area contributed by atoms with Crippen LogP contribution in [0.1, 0.15) is 21.7 Å². The Kier molecular flexibility index (Phi) is 5.74. The number of benzene rings is 2. The Morgan fingerprint density at radius 2 is 1.57 bits per heavy atom. The molecule has 7 nitrogen and oxygen atoms in total. The van der Waals surface area contributed by atoms with E-state index in [1.165, 1.54) is 0 Å². The highest BCUT2D eigenvalue weighted by atomic mass is 16.5. The fourth-order valence-electron chi connectivity index (χ4n) is 2.77. The summed E-state index contributed by atoms with van der Waals surface area (Å²) in [6.07, 6.45) is 0. The van der Waals surface area contributed by atoms with Gasteiger partial charge in [-0.2, -0.15) is 0 Å². The average molecular weight is 378 g/mol. The van der Waals surface area contributed by atoms with E-state index in [0.717, 1.165) is 17.1 Å². The Labute approximate surface area is 163 Å². The monoisotopic (exact) mass is 378 g/mol. The van der Waals surface area contributed by atoms with Crippen LogP contribution in [0.25, 0.3) is 0 Å².